The van der Waals surface area contributed by atoms with Crippen molar-refractivity contribution >= 4 is 0 Å². The zero-order valence-electron chi connectivity index (χ0n) is 7.33. The molecule has 0 spiro atoms. The van der Waals surface area contributed by atoms with E-state index in [4.69, 9.17) is 10.9 Å². The molecule has 0 aromatic carbocycles. The average molecular weight is 160 g/mol. The highest BCUT2D eigenvalue weighted by Gasteiger charge is 2.08. The minimum Gasteiger partial charge on any atom is -0.323 e. The molecule has 0 saturated carbocycles. The average Bonchev–Trinajstić information content (AvgIpc) is 2.02. The Labute approximate surface area is 67.4 Å². The van der Waals surface area contributed by atoms with E-state index in [-0.39, 0.29) is 12.1 Å². The van der Waals surface area contributed by atoms with Gasteiger partial charge in [0.25, 0.3) is 0 Å². The molecule has 0 fully saturated rings. The van der Waals surface area contributed by atoms with Crippen LogP contribution < -0.4 is 16.5 Å². The molecule has 66 valence electrons. The lowest BCUT2D eigenvalue weighted by Crippen LogP contribution is -2.77. The molecule has 0 aromatic heterocycles. The molecule has 0 aliphatic heterocycles. The summed E-state index contributed by atoms with van der Waals surface area (Å²) in [5, 5.41) is 10.5. The topological polar surface area (TPSA) is 74.9 Å². The maximum absolute atomic E-state index is 8.52. The summed E-state index contributed by atoms with van der Waals surface area (Å²) in [4.78, 5) is 0. The lowest BCUT2D eigenvalue weighted by Gasteiger charge is -2.13. The van der Waals surface area contributed by atoms with Gasteiger partial charge in [0, 0.05) is 19.0 Å². The monoisotopic (exact) mass is 160 g/mol. The first-order chi connectivity index (χ1) is 5.11. The third kappa shape index (κ3) is 4.10. The first-order valence-electron chi connectivity index (χ1n) is 3.74. The summed E-state index contributed by atoms with van der Waals surface area (Å²) in [5.74, 6) is 0. The third-order valence-corrected chi connectivity index (χ3v) is 1.69. The molecule has 0 rings (SSSR count). The van der Waals surface area contributed by atoms with Gasteiger partial charge in [-0.2, -0.15) is 0 Å². The van der Waals surface area contributed by atoms with Gasteiger partial charge in [-0.1, -0.05) is 0 Å². The van der Waals surface area contributed by atoms with E-state index in [1.807, 2.05) is 32.3 Å². The lowest BCUT2D eigenvalue weighted by atomic mass is 10.1. The van der Waals surface area contributed by atoms with Crippen LogP contribution in [0.15, 0.2) is 11.8 Å². The van der Waals surface area contributed by atoms with Crippen molar-refractivity contribution in [3.63, 3.8) is 0 Å². The molecule has 0 amide bonds. The van der Waals surface area contributed by atoms with E-state index >= 15 is 0 Å². The van der Waals surface area contributed by atoms with E-state index in [1.54, 1.807) is 0 Å². The summed E-state index contributed by atoms with van der Waals surface area (Å²) >= 11 is 0. The minimum absolute atomic E-state index is 0.107. The Morgan fingerprint density at radius 1 is 1.73 bits per heavy atom. The summed E-state index contributed by atoms with van der Waals surface area (Å²) in [6.45, 7) is 3.80. The van der Waals surface area contributed by atoms with Crippen molar-refractivity contribution < 1.29 is 10.5 Å². The van der Waals surface area contributed by atoms with Gasteiger partial charge >= 0.3 is 0 Å². The van der Waals surface area contributed by atoms with E-state index in [9.17, 15) is 0 Å². The second-order valence-electron chi connectivity index (χ2n) is 2.69. The van der Waals surface area contributed by atoms with Gasteiger partial charge in [0.15, 0.2) is 0 Å². The van der Waals surface area contributed by atoms with Gasteiger partial charge in [-0.15, -0.1) is 0 Å². The van der Waals surface area contributed by atoms with Gasteiger partial charge in [-0.05, 0) is 13.0 Å². The molecule has 0 aliphatic rings. The molecule has 4 heteroatoms. The number of hydrogen-bond acceptors (Lipinski definition) is 3. The Morgan fingerprint density at radius 3 is 2.64 bits per heavy atom. The quantitative estimate of drug-likeness (QED) is 0.389. The second-order valence-corrected chi connectivity index (χ2v) is 2.69. The first-order valence-corrected chi connectivity index (χ1v) is 3.74. The van der Waals surface area contributed by atoms with Gasteiger partial charge in [0.05, 0.1) is 12.7 Å². The highest BCUT2D eigenvalue weighted by Crippen LogP contribution is 1.91. The van der Waals surface area contributed by atoms with Crippen LogP contribution in [0.2, 0.25) is 0 Å². The van der Waals surface area contributed by atoms with E-state index in [0.29, 0.717) is 0 Å². The molecule has 0 aromatic rings. The number of rotatable bonds is 4. The predicted octanol–water partition coefficient (Wildman–Crippen LogP) is -1.22. The Balaban J connectivity index is 3.93. The highest BCUT2D eigenvalue weighted by molar-refractivity contribution is 4.97. The van der Waals surface area contributed by atoms with Crippen LogP contribution in [0.3, 0.4) is 0 Å². The molecule has 6 N–H and O–H groups in total. The van der Waals surface area contributed by atoms with Crippen LogP contribution in [0.1, 0.15) is 13.8 Å². The Bertz CT molecular complexity index is 136. The molecule has 0 aliphatic carbocycles. The second kappa shape index (κ2) is 5.26. The summed E-state index contributed by atoms with van der Waals surface area (Å²) in [6.07, 6.45) is 1.91. The van der Waals surface area contributed by atoms with Gasteiger partial charge in [-0.3, -0.25) is 0 Å². The lowest BCUT2D eigenvalue weighted by molar-refractivity contribution is -0.576. The zero-order chi connectivity index (χ0) is 8.85. The molecule has 0 bridgehead atoms. The number of quaternary nitrogens is 1. The van der Waals surface area contributed by atoms with Gasteiger partial charge < -0.3 is 16.3 Å². The van der Waals surface area contributed by atoms with Crippen LogP contribution in [-0.2, 0) is 0 Å². The number of nitrogens with two attached hydrogens (primary N) is 2. The molecule has 0 radical (unpaired) electrons. The van der Waals surface area contributed by atoms with Crippen molar-refractivity contribution in [2.75, 3.05) is 7.05 Å². The molecule has 2 unspecified atom stereocenters. The predicted molar refractivity (Wildman–Crippen MR) is 44.0 cm³/mol. The number of hydrogen-bond donors (Lipinski definition) is 4. The van der Waals surface area contributed by atoms with E-state index in [0.717, 1.165) is 5.70 Å². The fraction of sp³-hybridized carbons (Fsp3) is 0.714. The molecule has 11 heavy (non-hydrogen) atoms. The zero-order valence-corrected chi connectivity index (χ0v) is 7.33. The minimum atomic E-state index is -0.142. The van der Waals surface area contributed by atoms with Gasteiger partial charge in [-0.25, -0.2) is 5.48 Å². The van der Waals surface area contributed by atoms with Crippen molar-refractivity contribution in [3.05, 3.63) is 11.8 Å². The Kier molecular flexibility index (Phi) is 5.06. The van der Waals surface area contributed by atoms with Gasteiger partial charge in [0.1, 0.15) is 0 Å². The van der Waals surface area contributed by atoms with Crippen LogP contribution in [0.25, 0.3) is 0 Å². The van der Waals surface area contributed by atoms with Crippen molar-refractivity contribution in [2.45, 2.75) is 25.9 Å². The summed E-state index contributed by atoms with van der Waals surface area (Å²) in [5.41, 5.74) is 8.92. The third-order valence-electron chi connectivity index (χ3n) is 1.69. The maximum Gasteiger partial charge on any atom is 0.0997 e. The number of hydroxylamine groups is 1. The van der Waals surface area contributed by atoms with Crippen LogP contribution in [0, 0.1) is 0 Å². The number of nitrogens with one attached hydrogen (secondary N) is 1. The van der Waals surface area contributed by atoms with Crippen molar-refractivity contribution in [1.29, 1.82) is 0 Å². The van der Waals surface area contributed by atoms with Crippen LogP contribution >= 0.6 is 0 Å². The summed E-state index contributed by atoms with van der Waals surface area (Å²) in [7, 11) is 1.95. The Morgan fingerprint density at radius 2 is 2.27 bits per heavy atom. The van der Waals surface area contributed by atoms with Crippen LogP contribution in [0.4, 0.5) is 0 Å². The van der Waals surface area contributed by atoms with E-state index in [2.05, 4.69) is 5.48 Å². The van der Waals surface area contributed by atoms with Crippen molar-refractivity contribution in [2.24, 2.45) is 5.73 Å². The molecule has 0 heterocycles. The molecule has 0 saturated heterocycles. The fourth-order valence-corrected chi connectivity index (χ4v) is 0.630. The molecule has 4 nitrogen and oxygen atoms in total. The Hall–Kier alpha value is -0.420. The van der Waals surface area contributed by atoms with Crippen molar-refractivity contribution in [3.8, 4) is 0 Å². The van der Waals surface area contributed by atoms with Crippen LogP contribution in [0.5, 0.6) is 0 Å². The molecule has 2 atom stereocenters. The van der Waals surface area contributed by atoms with Gasteiger partial charge in [0.2, 0.25) is 0 Å². The number of allylic oxidation sites excluding steroid dienone is 1. The maximum atomic E-state index is 8.52. The summed E-state index contributed by atoms with van der Waals surface area (Å²) < 4.78 is 0. The largest absolute Gasteiger partial charge is 0.323 e. The normalized spacial score (nSPS) is 18.1. The molecular weight excluding hydrogens is 142 g/mol. The molecular formula is C7H18N3O+. The fourth-order valence-electron chi connectivity index (χ4n) is 0.630. The smallest absolute Gasteiger partial charge is 0.0997 e. The SMILES string of the molecule is C[NH2+]C(C)=CC(N)C(C)NO. The van der Waals surface area contributed by atoms with Crippen molar-refractivity contribution in [1.82, 2.24) is 5.48 Å². The van der Waals surface area contributed by atoms with E-state index in [1.165, 1.54) is 0 Å². The van der Waals surface area contributed by atoms with Crippen LogP contribution in [-0.4, -0.2) is 24.3 Å². The highest BCUT2D eigenvalue weighted by atomic mass is 16.5. The standard InChI is InChI=1S/C7H17N3O/c1-5(9-3)4-7(8)6(2)10-11/h4,6-7,9-11H,8H2,1-3H3/p+1. The summed E-state index contributed by atoms with van der Waals surface area (Å²) in [6, 6.07) is -0.249. The van der Waals surface area contributed by atoms with E-state index < -0.39 is 0 Å². The first kappa shape index (κ1) is 10.6.